The van der Waals surface area contributed by atoms with E-state index in [0.29, 0.717) is 0 Å². The largest absolute Gasteiger partial charge is 0.459 e. The Morgan fingerprint density at radius 2 is 2.15 bits per heavy atom. The van der Waals surface area contributed by atoms with Gasteiger partial charge in [-0.05, 0) is 40.0 Å². The van der Waals surface area contributed by atoms with Crippen molar-refractivity contribution in [3.05, 3.63) is 11.6 Å². The van der Waals surface area contributed by atoms with E-state index >= 15 is 0 Å². The molecule has 1 aliphatic carbocycles. The second-order valence-electron chi connectivity index (χ2n) is 8.27. The predicted molar refractivity (Wildman–Crippen MR) is 106 cm³/mol. The minimum absolute atomic E-state index is 0.0626. The lowest BCUT2D eigenvalue weighted by molar-refractivity contribution is -0.170. The van der Waals surface area contributed by atoms with Gasteiger partial charge in [-0.25, -0.2) is 0 Å². The number of ether oxygens (including phenoxy) is 4. The molecule has 1 spiro atoms. The van der Waals surface area contributed by atoms with Crippen LogP contribution in [-0.2, 0) is 23.7 Å². The lowest BCUT2D eigenvalue weighted by atomic mass is 9.68. The van der Waals surface area contributed by atoms with Crippen molar-refractivity contribution in [2.75, 3.05) is 32.1 Å². The Hall–Kier alpha value is -0.470. The maximum absolute atomic E-state index is 12.2. The van der Waals surface area contributed by atoms with Crippen molar-refractivity contribution in [2.45, 2.75) is 69.5 Å². The number of carbonyl (C=O) groups excluding carboxylic acids is 1. The van der Waals surface area contributed by atoms with E-state index < -0.39 is 0 Å². The van der Waals surface area contributed by atoms with Crippen LogP contribution in [0.4, 0.5) is 0 Å². The summed E-state index contributed by atoms with van der Waals surface area (Å²) in [5, 5.41) is 3.86. The fourth-order valence-electron chi connectivity index (χ4n) is 4.54. The lowest BCUT2D eigenvalue weighted by Gasteiger charge is -2.42. The monoisotopic (exact) mass is 445 g/mol. The Morgan fingerprint density at radius 3 is 2.74 bits per heavy atom. The van der Waals surface area contributed by atoms with Crippen LogP contribution in [0.3, 0.4) is 0 Å². The highest BCUT2D eigenvalue weighted by Gasteiger charge is 2.72. The first-order chi connectivity index (χ1) is 12.9. The molecule has 2 heterocycles. The Kier molecular flexibility index (Phi) is 6.68. The normalized spacial score (nSPS) is 39.9. The van der Waals surface area contributed by atoms with E-state index in [1.54, 1.807) is 7.11 Å². The third kappa shape index (κ3) is 4.58. The van der Waals surface area contributed by atoms with Crippen molar-refractivity contribution in [2.24, 2.45) is 5.92 Å². The molecular weight excluding hydrogens is 414 g/mol. The molecule has 0 aromatic carbocycles. The van der Waals surface area contributed by atoms with E-state index in [1.165, 1.54) is 5.57 Å². The van der Waals surface area contributed by atoms with Gasteiger partial charge in [0.2, 0.25) is 0 Å². The van der Waals surface area contributed by atoms with Gasteiger partial charge in [0.05, 0.1) is 25.2 Å². The van der Waals surface area contributed by atoms with E-state index in [0.717, 1.165) is 37.7 Å². The van der Waals surface area contributed by atoms with Crippen LogP contribution >= 0.6 is 15.9 Å². The van der Waals surface area contributed by atoms with Crippen molar-refractivity contribution < 1.29 is 23.7 Å². The van der Waals surface area contributed by atoms with Crippen LogP contribution in [0.2, 0.25) is 0 Å². The molecule has 7 heteroatoms. The zero-order valence-corrected chi connectivity index (χ0v) is 18.3. The highest BCUT2D eigenvalue weighted by Crippen LogP contribution is 2.59. The Balaban J connectivity index is 1.68. The molecule has 6 atom stereocenters. The molecule has 0 aromatic heterocycles. The number of alkyl halides is 1. The van der Waals surface area contributed by atoms with Gasteiger partial charge in [0.25, 0.3) is 0 Å². The number of hydrogen-bond donors (Lipinski definition) is 1. The van der Waals surface area contributed by atoms with E-state index in [4.69, 9.17) is 18.9 Å². The molecule has 1 saturated carbocycles. The summed E-state index contributed by atoms with van der Waals surface area (Å²) in [6.07, 6.45) is 4.41. The molecule has 0 bridgehead atoms. The third-order valence-corrected chi connectivity index (χ3v) is 6.46. The summed E-state index contributed by atoms with van der Waals surface area (Å²) in [5.74, 6) is -0.176. The predicted octanol–water partition coefficient (Wildman–Crippen LogP) is 2.59. The summed E-state index contributed by atoms with van der Waals surface area (Å²) in [6, 6.07) is 0. The summed E-state index contributed by atoms with van der Waals surface area (Å²) >= 11 is 3.34. The third-order valence-electron chi connectivity index (χ3n) is 6.06. The molecule has 154 valence electrons. The molecule has 6 unspecified atom stereocenters. The SMILES string of the molecule is COC1C(OC(=O)CNCCBr)CCC2(CO2)C1C1(C)OC1CC=C(C)C. The molecular formula is C20H32BrNO5. The first kappa shape index (κ1) is 21.2. The van der Waals surface area contributed by atoms with E-state index in [-0.39, 0.29) is 47.9 Å². The second kappa shape index (κ2) is 8.49. The standard InChI is InChI=1S/C20H32BrNO5/c1-13(2)5-6-15-19(3,27-15)18-17(24-4)14(7-8-20(18)12-25-20)26-16(23)11-22-10-9-21/h5,14-15,17-18,22H,6-12H2,1-4H3. The highest BCUT2D eigenvalue weighted by molar-refractivity contribution is 9.09. The van der Waals surface area contributed by atoms with Gasteiger partial charge in [0.15, 0.2) is 0 Å². The van der Waals surface area contributed by atoms with Gasteiger partial charge in [-0.2, -0.15) is 0 Å². The van der Waals surface area contributed by atoms with Gasteiger partial charge in [-0.1, -0.05) is 27.6 Å². The van der Waals surface area contributed by atoms with Crippen LogP contribution in [0.25, 0.3) is 0 Å². The highest BCUT2D eigenvalue weighted by atomic mass is 79.9. The quantitative estimate of drug-likeness (QED) is 0.193. The molecule has 27 heavy (non-hydrogen) atoms. The van der Waals surface area contributed by atoms with Crippen LogP contribution in [0.5, 0.6) is 0 Å². The number of rotatable bonds is 9. The number of methoxy groups -OCH3 is 1. The molecule has 0 aromatic rings. The van der Waals surface area contributed by atoms with E-state index in [1.807, 2.05) is 0 Å². The van der Waals surface area contributed by atoms with Gasteiger partial charge in [0, 0.05) is 19.0 Å². The maximum Gasteiger partial charge on any atom is 0.320 e. The second-order valence-corrected chi connectivity index (χ2v) is 9.06. The van der Waals surface area contributed by atoms with Gasteiger partial charge < -0.3 is 24.3 Å². The number of epoxide rings is 2. The van der Waals surface area contributed by atoms with Crippen LogP contribution in [0, 0.1) is 5.92 Å². The fraction of sp³-hybridized carbons (Fsp3) is 0.850. The van der Waals surface area contributed by atoms with Gasteiger partial charge >= 0.3 is 5.97 Å². The number of allylic oxidation sites excluding steroid dienone is 1. The molecule has 3 aliphatic rings. The summed E-state index contributed by atoms with van der Waals surface area (Å²) < 4.78 is 23.8. The number of nitrogens with one attached hydrogen (secondary N) is 1. The lowest BCUT2D eigenvalue weighted by Crippen LogP contribution is -2.56. The van der Waals surface area contributed by atoms with Gasteiger partial charge in [-0.3, -0.25) is 4.79 Å². The Labute approximate surface area is 170 Å². The molecule has 3 fully saturated rings. The molecule has 0 amide bonds. The van der Waals surface area contributed by atoms with Crippen LogP contribution in [-0.4, -0.2) is 67.6 Å². The van der Waals surface area contributed by atoms with E-state index in [2.05, 4.69) is 48.1 Å². The maximum atomic E-state index is 12.2. The molecule has 2 aliphatic heterocycles. The molecule has 0 radical (unpaired) electrons. The summed E-state index contributed by atoms with van der Waals surface area (Å²) in [4.78, 5) is 12.2. The van der Waals surface area contributed by atoms with Gasteiger partial charge in [0.1, 0.15) is 23.4 Å². The van der Waals surface area contributed by atoms with Crippen molar-refractivity contribution in [3.63, 3.8) is 0 Å². The van der Waals surface area contributed by atoms with Crippen LogP contribution in [0.1, 0.15) is 40.0 Å². The van der Waals surface area contributed by atoms with Crippen LogP contribution < -0.4 is 5.32 Å². The fourth-order valence-corrected chi connectivity index (χ4v) is 4.82. The van der Waals surface area contributed by atoms with Gasteiger partial charge in [-0.15, -0.1) is 0 Å². The van der Waals surface area contributed by atoms with Crippen molar-refractivity contribution in [1.29, 1.82) is 0 Å². The zero-order valence-electron chi connectivity index (χ0n) is 16.8. The summed E-state index contributed by atoms with van der Waals surface area (Å²) in [7, 11) is 1.69. The molecule has 2 saturated heterocycles. The van der Waals surface area contributed by atoms with E-state index in [9.17, 15) is 4.79 Å². The smallest absolute Gasteiger partial charge is 0.320 e. The summed E-state index contributed by atoms with van der Waals surface area (Å²) in [5.41, 5.74) is 0.800. The number of carbonyl (C=O) groups is 1. The number of hydrogen-bond acceptors (Lipinski definition) is 6. The topological polar surface area (TPSA) is 72.6 Å². The minimum atomic E-state index is -0.303. The Morgan fingerprint density at radius 1 is 1.41 bits per heavy atom. The minimum Gasteiger partial charge on any atom is -0.459 e. The van der Waals surface area contributed by atoms with Crippen molar-refractivity contribution >= 4 is 21.9 Å². The average Bonchev–Trinajstić information content (AvgIpc) is 3.53. The van der Waals surface area contributed by atoms with Crippen LogP contribution in [0.15, 0.2) is 11.6 Å². The first-order valence-corrected chi connectivity index (χ1v) is 10.9. The first-order valence-electron chi connectivity index (χ1n) is 9.80. The molecule has 1 N–H and O–H groups in total. The number of esters is 1. The molecule has 6 nitrogen and oxygen atoms in total. The number of halogens is 1. The summed E-state index contributed by atoms with van der Waals surface area (Å²) in [6.45, 7) is 8.02. The van der Waals surface area contributed by atoms with Crippen molar-refractivity contribution in [3.8, 4) is 0 Å². The molecule has 3 rings (SSSR count). The van der Waals surface area contributed by atoms with Crippen molar-refractivity contribution in [1.82, 2.24) is 5.32 Å². The Bertz CT molecular complexity index is 575. The zero-order chi connectivity index (χ0) is 19.7. The average molecular weight is 446 g/mol.